The lowest BCUT2D eigenvalue weighted by atomic mass is 9.98. The molecule has 0 atom stereocenters. The van der Waals surface area contributed by atoms with Crippen molar-refractivity contribution in [1.82, 2.24) is 0 Å². The predicted molar refractivity (Wildman–Crippen MR) is 61.0 cm³/mol. The van der Waals surface area contributed by atoms with Crippen molar-refractivity contribution in [3.63, 3.8) is 0 Å². The summed E-state index contributed by atoms with van der Waals surface area (Å²) in [6, 6.07) is 3.98. The van der Waals surface area contributed by atoms with Gasteiger partial charge in [-0.3, -0.25) is 4.79 Å². The number of hydrogen-bond donors (Lipinski definition) is 1. The SMILES string of the molecule is CC(=O)c1cc(Br)cc2c1NCCC2. The van der Waals surface area contributed by atoms with Crippen molar-refractivity contribution in [1.29, 1.82) is 0 Å². The van der Waals surface area contributed by atoms with Crippen LogP contribution in [0.2, 0.25) is 0 Å². The van der Waals surface area contributed by atoms with Gasteiger partial charge < -0.3 is 5.32 Å². The minimum absolute atomic E-state index is 0.122. The predicted octanol–water partition coefficient (Wildman–Crippen LogP) is 3.01. The smallest absolute Gasteiger partial charge is 0.161 e. The zero-order valence-electron chi connectivity index (χ0n) is 8.06. The van der Waals surface area contributed by atoms with E-state index in [9.17, 15) is 4.79 Å². The van der Waals surface area contributed by atoms with Crippen molar-refractivity contribution in [2.45, 2.75) is 19.8 Å². The second-order valence-electron chi connectivity index (χ2n) is 3.57. The van der Waals surface area contributed by atoms with Crippen molar-refractivity contribution >= 4 is 27.4 Å². The zero-order chi connectivity index (χ0) is 10.1. The van der Waals surface area contributed by atoms with Gasteiger partial charge >= 0.3 is 0 Å². The third-order valence-electron chi connectivity index (χ3n) is 2.49. The molecule has 0 aromatic heterocycles. The summed E-state index contributed by atoms with van der Waals surface area (Å²) in [5.74, 6) is 0.122. The van der Waals surface area contributed by atoms with E-state index in [-0.39, 0.29) is 5.78 Å². The molecule has 1 aliphatic rings. The number of carbonyl (C=O) groups excluding carboxylic acids is 1. The number of benzene rings is 1. The molecule has 0 radical (unpaired) electrons. The van der Waals surface area contributed by atoms with Crippen molar-refractivity contribution in [3.8, 4) is 0 Å². The van der Waals surface area contributed by atoms with Crippen LogP contribution in [0.15, 0.2) is 16.6 Å². The van der Waals surface area contributed by atoms with Crippen molar-refractivity contribution in [2.24, 2.45) is 0 Å². The van der Waals surface area contributed by atoms with Gasteiger partial charge in [-0.1, -0.05) is 15.9 Å². The summed E-state index contributed by atoms with van der Waals surface area (Å²) in [7, 11) is 0. The summed E-state index contributed by atoms with van der Waals surface area (Å²) in [6.45, 7) is 2.58. The largest absolute Gasteiger partial charge is 0.384 e. The number of nitrogens with one attached hydrogen (secondary N) is 1. The van der Waals surface area contributed by atoms with Crippen molar-refractivity contribution in [2.75, 3.05) is 11.9 Å². The van der Waals surface area contributed by atoms with E-state index in [2.05, 4.69) is 27.3 Å². The Morgan fingerprint density at radius 2 is 2.29 bits per heavy atom. The van der Waals surface area contributed by atoms with Crippen LogP contribution in [0.3, 0.4) is 0 Å². The molecule has 0 unspecified atom stereocenters. The minimum atomic E-state index is 0.122. The molecule has 0 bridgehead atoms. The maximum absolute atomic E-state index is 11.4. The standard InChI is InChI=1S/C11H12BrNO/c1-7(14)10-6-9(12)5-8-3-2-4-13-11(8)10/h5-6,13H,2-4H2,1H3. The quantitative estimate of drug-likeness (QED) is 0.780. The third kappa shape index (κ3) is 1.69. The van der Waals surface area contributed by atoms with Crippen molar-refractivity contribution < 1.29 is 4.79 Å². The molecule has 1 N–H and O–H groups in total. The molecule has 0 spiro atoms. The van der Waals surface area contributed by atoms with Gasteiger partial charge in [0.1, 0.15) is 0 Å². The van der Waals surface area contributed by atoms with Gasteiger partial charge in [0.25, 0.3) is 0 Å². The lowest BCUT2D eigenvalue weighted by Crippen LogP contribution is -2.15. The fourth-order valence-electron chi connectivity index (χ4n) is 1.84. The van der Waals surface area contributed by atoms with E-state index in [1.54, 1.807) is 6.92 Å². The molecule has 0 saturated carbocycles. The molecule has 2 nitrogen and oxygen atoms in total. The second-order valence-corrected chi connectivity index (χ2v) is 4.49. The molecule has 0 amide bonds. The molecular weight excluding hydrogens is 242 g/mol. The van der Waals surface area contributed by atoms with Crippen molar-refractivity contribution in [3.05, 3.63) is 27.7 Å². The van der Waals surface area contributed by atoms with Crippen LogP contribution in [0.25, 0.3) is 0 Å². The number of carbonyl (C=O) groups is 1. The molecule has 14 heavy (non-hydrogen) atoms. The summed E-state index contributed by atoms with van der Waals surface area (Å²) < 4.78 is 0.991. The van der Waals surface area contributed by atoms with Gasteiger partial charge in [0.2, 0.25) is 0 Å². The summed E-state index contributed by atoms with van der Waals surface area (Å²) in [4.78, 5) is 11.4. The Morgan fingerprint density at radius 1 is 1.50 bits per heavy atom. The topological polar surface area (TPSA) is 29.1 Å². The first-order valence-electron chi connectivity index (χ1n) is 4.75. The van der Waals surface area contributed by atoms with E-state index in [4.69, 9.17) is 0 Å². The number of anilines is 1. The fraction of sp³-hybridized carbons (Fsp3) is 0.364. The highest BCUT2D eigenvalue weighted by atomic mass is 79.9. The molecule has 1 aromatic carbocycles. The van der Waals surface area contributed by atoms with E-state index in [0.717, 1.165) is 35.1 Å². The summed E-state index contributed by atoms with van der Waals surface area (Å²) >= 11 is 3.43. The molecule has 3 heteroatoms. The van der Waals surface area contributed by atoms with Crippen LogP contribution in [-0.4, -0.2) is 12.3 Å². The molecule has 74 valence electrons. The summed E-state index contributed by atoms with van der Waals surface area (Å²) in [5.41, 5.74) is 3.08. The van der Waals surface area contributed by atoms with E-state index in [1.165, 1.54) is 5.56 Å². The first kappa shape index (κ1) is 9.71. The van der Waals surface area contributed by atoms with Gasteiger partial charge in [-0.05, 0) is 37.5 Å². The highest BCUT2D eigenvalue weighted by molar-refractivity contribution is 9.10. The number of halogens is 1. The Labute approximate surface area is 91.8 Å². The molecule has 1 aliphatic heterocycles. The van der Waals surface area contributed by atoms with Gasteiger partial charge in [-0.25, -0.2) is 0 Å². The molecule has 0 saturated heterocycles. The molecule has 0 aliphatic carbocycles. The molecule has 0 fully saturated rings. The Hall–Kier alpha value is -0.830. The molecular formula is C11H12BrNO. The average molecular weight is 254 g/mol. The average Bonchev–Trinajstić information content (AvgIpc) is 2.16. The van der Waals surface area contributed by atoms with Crippen LogP contribution in [0.4, 0.5) is 5.69 Å². The third-order valence-corrected chi connectivity index (χ3v) is 2.95. The molecule has 1 aromatic rings. The van der Waals surface area contributed by atoms with Crippen LogP contribution in [-0.2, 0) is 6.42 Å². The summed E-state index contributed by atoms with van der Waals surface area (Å²) in [6.07, 6.45) is 2.20. The Morgan fingerprint density at radius 3 is 3.00 bits per heavy atom. The molecule has 1 heterocycles. The first-order chi connectivity index (χ1) is 6.68. The van der Waals surface area contributed by atoms with Gasteiger partial charge in [-0.15, -0.1) is 0 Å². The van der Waals surface area contributed by atoms with Crippen LogP contribution >= 0.6 is 15.9 Å². The summed E-state index contributed by atoms with van der Waals surface area (Å²) in [5, 5.41) is 3.30. The van der Waals surface area contributed by atoms with E-state index >= 15 is 0 Å². The van der Waals surface area contributed by atoms with Gasteiger partial charge in [-0.2, -0.15) is 0 Å². The first-order valence-corrected chi connectivity index (χ1v) is 5.55. The van der Waals surface area contributed by atoms with Crippen LogP contribution in [0.1, 0.15) is 29.3 Å². The van der Waals surface area contributed by atoms with Gasteiger partial charge in [0.05, 0.1) is 0 Å². The van der Waals surface area contributed by atoms with Crippen LogP contribution in [0.5, 0.6) is 0 Å². The zero-order valence-corrected chi connectivity index (χ0v) is 9.65. The minimum Gasteiger partial charge on any atom is -0.384 e. The van der Waals surface area contributed by atoms with E-state index in [0.29, 0.717) is 0 Å². The second kappa shape index (κ2) is 3.73. The monoisotopic (exact) mass is 253 g/mol. The van der Waals surface area contributed by atoms with Gasteiger partial charge in [0, 0.05) is 22.3 Å². The fourth-order valence-corrected chi connectivity index (χ4v) is 2.34. The van der Waals surface area contributed by atoms with Crippen LogP contribution in [0, 0.1) is 0 Å². The Kier molecular flexibility index (Phi) is 2.59. The lowest BCUT2D eigenvalue weighted by molar-refractivity contribution is 0.101. The Bertz CT molecular complexity index is 387. The van der Waals surface area contributed by atoms with E-state index in [1.807, 2.05) is 6.07 Å². The van der Waals surface area contributed by atoms with Gasteiger partial charge in [0.15, 0.2) is 5.78 Å². The maximum Gasteiger partial charge on any atom is 0.161 e. The molecule has 2 rings (SSSR count). The number of aryl methyl sites for hydroxylation is 1. The number of ketones is 1. The number of fused-ring (bicyclic) bond motifs is 1. The van der Waals surface area contributed by atoms with E-state index < -0.39 is 0 Å². The number of hydrogen-bond acceptors (Lipinski definition) is 2. The maximum atomic E-state index is 11.4. The lowest BCUT2D eigenvalue weighted by Gasteiger charge is -2.20. The number of rotatable bonds is 1. The highest BCUT2D eigenvalue weighted by Gasteiger charge is 2.15. The Balaban J connectivity index is 2.58. The number of Topliss-reactive ketones (excluding diaryl/α,β-unsaturated/α-hetero) is 1. The van der Waals surface area contributed by atoms with Crippen LogP contribution < -0.4 is 5.32 Å². The normalized spacial score (nSPS) is 14.4. The highest BCUT2D eigenvalue weighted by Crippen LogP contribution is 2.30.